The van der Waals surface area contributed by atoms with Crippen molar-refractivity contribution in [3.63, 3.8) is 0 Å². The molecule has 2 rings (SSSR count). The van der Waals surface area contributed by atoms with Gasteiger partial charge in [0.15, 0.2) is 0 Å². The summed E-state index contributed by atoms with van der Waals surface area (Å²) in [6.07, 6.45) is 5.04. The molecule has 2 aliphatic heterocycles. The number of rotatable bonds is 5. The SMILES string of the molecule is CCCC(=O)N1CCCC(C(=O)NC(C)(C)C(=O)N2CCCC2)C1. The molecular weight excluding hydrogens is 306 g/mol. The molecule has 2 saturated heterocycles. The molecule has 24 heavy (non-hydrogen) atoms. The smallest absolute Gasteiger partial charge is 0.247 e. The van der Waals surface area contributed by atoms with Crippen molar-refractivity contribution in [3.05, 3.63) is 0 Å². The van der Waals surface area contributed by atoms with Gasteiger partial charge in [0, 0.05) is 32.6 Å². The van der Waals surface area contributed by atoms with Gasteiger partial charge in [-0.25, -0.2) is 0 Å². The van der Waals surface area contributed by atoms with Crippen LogP contribution >= 0.6 is 0 Å². The van der Waals surface area contributed by atoms with Crippen molar-refractivity contribution in [1.82, 2.24) is 15.1 Å². The van der Waals surface area contributed by atoms with E-state index in [0.29, 0.717) is 13.0 Å². The third kappa shape index (κ3) is 4.48. The average molecular weight is 337 g/mol. The second-order valence-corrected chi connectivity index (χ2v) is 7.54. The molecule has 1 unspecified atom stereocenters. The lowest BCUT2D eigenvalue weighted by Crippen LogP contribution is -2.58. The third-order valence-electron chi connectivity index (χ3n) is 4.97. The lowest BCUT2D eigenvalue weighted by Gasteiger charge is -2.35. The van der Waals surface area contributed by atoms with Gasteiger partial charge in [-0.2, -0.15) is 0 Å². The van der Waals surface area contributed by atoms with E-state index in [1.807, 2.05) is 11.8 Å². The first-order valence-electron chi connectivity index (χ1n) is 9.24. The molecule has 6 nitrogen and oxygen atoms in total. The Kier molecular flexibility index (Phi) is 6.24. The Morgan fingerprint density at radius 3 is 2.29 bits per heavy atom. The fraction of sp³-hybridized carbons (Fsp3) is 0.833. The summed E-state index contributed by atoms with van der Waals surface area (Å²) >= 11 is 0. The van der Waals surface area contributed by atoms with Crippen molar-refractivity contribution in [2.24, 2.45) is 5.92 Å². The van der Waals surface area contributed by atoms with E-state index < -0.39 is 5.54 Å². The predicted octanol–water partition coefficient (Wildman–Crippen LogP) is 1.54. The molecule has 0 aliphatic carbocycles. The second kappa shape index (κ2) is 7.99. The molecule has 0 radical (unpaired) electrons. The maximum absolute atomic E-state index is 12.6. The van der Waals surface area contributed by atoms with Crippen LogP contribution in [0, 0.1) is 5.92 Å². The van der Waals surface area contributed by atoms with Crippen LogP contribution in [0.1, 0.15) is 59.3 Å². The molecule has 0 spiro atoms. The Morgan fingerprint density at radius 1 is 1.04 bits per heavy atom. The van der Waals surface area contributed by atoms with Crippen molar-refractivity contribution < 1.29 is 14.4 Å². The minimum Gasteiger partial charge on any atom is -0.342 e. The van der Waals surface area contributed by atoms with Crippen molar-refractivity contribution in [2.45, 2.75) is 64.8 Å². The van der Waals surface area contributed by atoms with Gasteiger partial charge in [-0.1, -0.05) is 6.92 Å². The zero-order valence-corrected chi connectivity index (χ0v) is 15.3. The molecular formula is C18H31N3O3. The van der Waals surface area contributed by atoms with E-state index >= 15 is 0 Å². The Balaban J connectivity index is 1.92. The monoisotopic (exact) mass is 337 g/mol. The molecule has 0 saturated carbocycles. The maximum atomic E-state index is 12.6. The number of likely N-dealkylation sites (tertiary alicyclic amines) is 2. The van der Waals surface area contributed by atoms with E-state index in [4.69, 9.17) is 0 Å². The molecule has 136 valence electrons. The highest BCUT2D eigenvalue weighted by Crippen LogP contribution is 2.20. The number of nitrogens with zero attached hydrogens (tertiary/aromatic N) is 2. The molecule has 0 aromatic rings. The summed E-state index contributed by atoms with van der Waals surface area (Å²) in [5.74, 6) is -0.211. The number of carbonyl (C=O) groups excluding carboxylic acids is 3. The number of hydrogen-bond donors (Lipinski definition) is 1. The first kappa shape index (κ1) is 18.7. The third-order valence-corrected chi connectivity index (χ3v) is 4.97. The van der Waals surface area contributed by atoms with Crippen LogP contribution in [-0.2, 0) is 14.4 Å². The van der Waals surface area contributed by atoms with E-state index in [-0.39, 0.29) is 23.6 Å². The van der Waals surface area contributed by atoms with Crippen molar-refractivity contribution in [1.29, 1.82) is 0 Å². The number of nitrogens with one attached hydrogen (secondary N) is 1. The second-order valence-electron chi connectivity index (χ2n) is 7.54. The molecule has 1 atom stereocenters. The summed E-state index contributed by atoms with van der Waals surface area (Å²) in [6, 6.07) is 0. The fourth-order valence-electron chi connectivity index (χ4n) is 3.57. The predicted molar refractivity (Wildman–Crippen MR) is 92.2 cm³/mol. The molecule has 0 bridgehead atoms. The lowest BCUT2D eigenvalue weighted by molar-refractivity contribution is -0.142. The fourth-order valence-corrected chi connectivity index (χ4v) is 3.57. The molecule has 0 aromatic carbocycles. The van der Waals surface area contributed by atoms with Gasteiger partial charge in [0.05, 0.1) is 5.92 Å². The standard InChI is InChI=1S/C18H31N3O3/c1-4-8-15(22)21-12-7-9-14(13-21)16(23)19-18(2,3)17(24)20-10-5-6-11-20/h14H,4-13H2,1-3H3,(H,19,23). The van der Waals surface area contributed by atoms with Crippen molar-refractivity contribution >= 4 is 17.7 Å². The lowest BCUT2D eigenvalue weighted by atomic mass is 9.94. The average Bonchev–Trinajstić information content (AvgIpc) is 3.08. The molecule has 1 N–H and O–H groups in total. The molecule has 2 aliphatic rings. The normalized spacial score (nSPS) is 21.7. The van der Waals surface area contributed by atoms with Gasteiger partial charge in [0.25, 0.3) is 0 Å². The van der Waals surface area contributed by atoms with Crippen LogP contribution in [0.25, 0.3) is 0 Å². The quantitative estimate of drug-likeness (QED) is 0.827. The molecule has 2 heterocycles. The van der Waals surface area contributed by atoms with Gasteiger partial charge in [0.2, 0.25) is 17.7 Å². The van der Waals surface area contributed by atoms with E-state index in [0.717, 1.165) is 51.7 Å². The minimum atomic E-state index is -0.892. The molecule has 0 aromatic heterocycles. The Labute approximate surface area is 144 Å². The van der Waals surface area contributed by atoms with Crippen LogP contribution in [0.15, 0.2) is 0 Å². The van der Waals surface area contributed by atoms with E-state index in [2.05, 4.69) is 5.32 Å². The first-order valence-corrected chi connectivity index (χ1v) is 9.24. The Bertz CT molecular complexity index is 484. The van der Waals surface area contributed by atoms with Crippen LogP contribution in [0.2, 0.25) is 0 Å². The summed E-state index contributed by atoms with van der Waals surface area (Å²) < 4.78 is 0. The van der Waals surface area contributed by atoms with Crippen LogP contribution in [-0.4, -0.2) is 59.2 Å². The van der Waals surface area contributed by atoms with Gasteiger partial charge in [-0.15, -0.1) is 0 Å². The van der Waals surface area contributed by atoms with E-state index in [9.17, 15) is 14.4 Å². The van der Waals surface area contributed by atoms with Crippen LogP contribution in [0.3, 0.4) is 0 Å². The number of piperidine rings is 1. The summed E-state index contributed by atoms with van der Waals surface area (Å²) in [7, 11) is 0. The molecule has 3 amide bonds. The Hall–Kier alpha value is -1.59. The van der Waals surface area contributed by atoms with Crippen LogP contribution in [0.4, 0.5) is 0 Å². The summed E-state index contributed by atoms with van der Waals surface area (Å²) in [6.45, 7) is 8.29. The number of hydrogen-bond acceptors (Lipinski definition) is 3. The van der Waals surface area contributed by atoms with Gasteiger partial charge in [-0.05, 0) is 46.0 Å². The van der Waals surface area contributed by atoms with Crippen molar-refractivity contribution in [3.8, 4) is 0 Å². The molecule has 6 heteroatoms. The van der Waals surface area contributed by atoms with Gasteiger partial charge < -0.3 is 15.1 Å². The summed E-state index contributed by atoms with van der Waals surface area (Å²) in [5, 5.41) is 2.93. The number of carbonyl (C=O) groups is 3. The van der Waals surface area contributed by atoms with E-state index in [1.54, 1.807) is 18.7 Å². The van der Waals surface area contributed by atoms with Gasteiger partial charge in [0.1, 0.15) is 5.54 Å². The first-order chi connectivity index (χ1) is 11.3. The van der Waals surface area contributed by atoms with E-state index in [1.165, 1.54) is 0 Å². The van der Waals surface area contributed by atoms with Crippen LogP contribution in [0.5, 0.6) is 0 Å². The van der Waals surface area contributed by atoms with Gasteiger partial charge in [-0.3, -0.25) is 14.4 Å². The minimum absolute atomic E-state index is 0.0110. The molecule has 2 fully saturated rings. The highest BCUT2D eigenvalue weighted by Gasteiger charge is 2.37. The highest BCUT2D eigenvalue weighted by atomic mass is 16.2. The maximum Gasteiger partial charge on any atom is 0.247 e. The highest BCUT2D eigenvalue weighted by molar-refractivity contribution is 5.91. The summed E-state index contributed by atoms with van der Waals surface area (Å²) in [5.41, 5.74) is -0.892. The zero-order chi connectivity index (χ0) is 17.7. The topological polar surface area (TPSA) is 69.7 Å². The van der Waals surface area contributed by atoms with Crippen molar-refractivity contribution in [2.75, 3.05) is 26.2 Å². The Morgan fingerprint density at radius 2 is 1.67 bits per heavy atom. The van der Waals surface area contributed by atoms with Gasteiger partial charge >= 0.3 is 0 Å². The summed E-state index contributed by atoms with van der Waals surface area (Å²) in [4.78, 5) is 40.9. The largest absolute Gasteiger partial charge is 0.342 e. The zero-order valence-electron chi connectivity index (χ0n) is 15.3. The number of amides is 3. The van der Waals surface area contributed by atoms with Crippen LogP contribution < -0.4 is 5.32 Å².